The molecule has 2 aromatic rings. The van der Waals surface area contributed by atoms with Crippen molar-refractivity contribution in [2.75, 3.05) is 15.4 Å². The first-order chi connectivity index (χ1) is 13.7. The number of para-hydroxylation sites is 1. The van der Waals surface area contributed by atoms with Gasteiger partial charge in [0.25, 0.3) is 5.91 Å². The Morgan fingerprint density at radius 2 is 1.79 bits per heavy atom. The molecule has 1 saturated heterocycles. The van der Waals surface area contributed by atoms with Crippen LogP contribution in [-0.4, -0.2) is 26.0 Å². The third-order valence-corrected chi connectivity index (χ3v) is 7.21. The van der Waals surface area contributed by atoms with Gasteiger partial charge < -0.3 is 5.32 Å². The first kappa shape index (κ1) is 21.3. The van der Waals surface area contributed by atoms with E-state index >= 15 is 0 Å². The summed E-state index contributed by atoms with van der Waals surface area (Å²) in [7, 11) is -3.73. The zero-order valence-electron chi connectivity index (χ0n) is 16.5. The van der Waals surface area contributed by atoms with Gasteiger partial charge in [-0.05, 0) is 42.2 Å². The van der Waals surface area contributed by atoms with E-state index in [1.807, 2.05) is 32.0 Å². The molecule has 1 N–H and O–H groups in total. The maximum atomic E-state index is 12.9. The lowest BCUT2D eigenvalue weighted by Crippen LogP contribution is -2.30. The van der Waals surface area contributed by atoms with Crippen LogP contribution in [0.2, 0.25) is 5.02 Å². The Morgan fingerprint density at radius 3 is 2.28 bits per heavy atom. The van der Waals surface area contributed by atoms with E-state index in [-0.39, 0.29) is 27.9 Å². The van der Waals surface area contributed by atoms with Gasteiger partial charge >= 0.3 is 0 Å². The summed E-state index contributed by atoms with van der Waals surface area (Å²) in [6, 6.07) is 10.1. The number of rotatable bonds is 5. The molecule has 0 spiro atoms. The minimum Gasteiger partial charge on any atom is -0.321 e. The Labute approximate surface area is 175 Å². The predicted octanol–water partition coefficient (Wildman–Crippen LogP) is 4.03. The van der Waals surface area contributed by atoms with E-state index in [0.29, 0.717) is 0 Å². The molecule has 1 aliphatic rings. The number of sulfonamides is 1. The van der Waals surface area contributed by atoms with E-state index < -0.39 is 21.8 Å². The van der Waals surface area contributed by atoms with Crippen LogP contribution in [0.5, 0.6) is 0 Å². The van der Waals surface area contributed by atoms with Crippen LogP contribution in [0, 0.1) is 5.92 Å². The maximum absolute atomic E-state index is 12.9. The molecule has 1 heterocycles. The second-order valence-corrected chi connectivity index (χ2v) is 9.33. The Kier molecular flexibility index (Phi) is 6.00. The number of halogens is 1. The number of anilines is 2. The van der Waals surface area contributed by atoms with Crippen LogP contribution in [0.3, 0.4) is 0 Å². The molecule has 2 amide bonds. The van der Waals surface area contributed by atoms with Gasteiger partial charge in [-0.3, -0.25) is 9.59 Å². The quantitative estimate of drug-likeness (QED) is 0.770. The first-order valence-corrected chi connectivity index (χ1v) is 11.5. The molecule has 154 valence electrons. The number of aryl methyl sites for hydroxylation is 2. The lowest BCUT2D eigenvalue weighted by atomic mass is 10.0. The van der Waals surface area contributed by atoms with Gasteiger partial charge in [0, 0.05) is 5.69 Å². The second-order valence-electron chi connectivity index (χ2n) is 7.06. The third-order valence-electron chi connectivity index (χ3n) is 5.03. The van der Waals surface area contributed by atoms with Gasteiger partial charge in [-0.1, -0.05) is 50.6 Å². The molecule has 0 saturated carbocycles. The van der Waals surface area contributed by atoms with Crippen molar-refractivity contribution in [3.63, 3.8) is 0 Å². The van der Waals surface area contributed by atoms with Crippen LogP contribution < -0.4 is 9.62 Å². The molecule has 1 atom stereocenters. The Hall–Kier alpha value is -2.38. The SMILES string of the molecule is CCc1cccc(CC)c1NC(=O)c1ccc(N2C(=O)C(C)CS2(=O)=O)cc1Cl. The Balaban J connectivity index is 1.92. The van der Waals surface area contributed by atoms with Gasteiger partial charge in [0.05, 0.1) is 27.9 Å². The van der Waals surface area contributed by atoms with Crippen molar-refractivity contribution >= 4 is 44.8 Å². The van der Waals surface area contributed by atoms with E-state index in [0.717, 1.165) is 34.0 Å². The smallest absolute Gasteiger partial charge is 0.257 e. The van der Waals surface area contributed by atoms with Crippen LogP contribution in [0.25, 0.3) is 0 Å². The van der Waals surface area contributed by atoms with Crippen molar-refractivity contribution in [3.8, 4) is 0 Å². The van der Waals surface area contributed by atoms with Crippen LogP contribution >= 0.6 is 11.6 Å². The number of amides is 2. The molecule has 3 rings (SSSR count). The molecule has 1 fully saturated rings. The highest BCUT2D eigenvalue weighted by Crippen LogP contribution is 2.32. The van der Waals surface area contributed by atoms with Crippen molar-refractivity contribution in [2.24, 2.45) is 5.92 Å². The lowest BCUT2D eigenvalue weighted by Gasteiger charge is -2.17. The summed E-state index contributed by atoms with van der Waals surface area (Å²) in [5.41, 5.74) is 3.17. The van der Waals surface area contributed by atoms with Crippen LogP contribution in [0.4, 0.5) is 11.4 Å². The van der Waals surface area contributed by atoms with Gasteiger partial charge in [-0.15, -0.1) is 0 Å². The molecule has 29 heavy (non-hydrogen) atoms. The lowest BCUT2D eigenvalue weighted by molar-refractivity contribution is -0.119. The maximum Gasteiger partial charge on any atom is 0.257 e. The predicted molar refractivity (Wildman–Crippen MR) is 115 cm³/mol. The number of nitrogens with zero attached hydrogens (tertiary/aromatic N) is 1. The fraction of sp³-hybridized carbons (Fsp3) is 0.333. The minimum absolute atomic E-state index is 0.0783. The summed E-state index contributed by atoms with van der Waals surface area (Å²) in [6.45, 7) is 5.60. The van der Waals surface area contributed by atoms with Gasteiger partial charge in [0.15, 0.2) is 0 Å². The number of benzene rings is 2. The second kappa shape index (κ2) is 8.16. The monoisotopic (exact) mass is 434 g/mol. The van der Waals surface area contributed by atoms with E-state index in [1.165, 1.54) is 18.2 Å². The highest BCUT2D eigenvalue weighted by atomic mass is 35.5. The number of carbonyl (C=O) groups is 2. The van der Waals surface area contributed by atoms with Gasteiger partial charge in [0.2, 0.25) is 15.9 Å². The number of hydrogen-bond donors (Lipinski definition) is 1. The zero-order valence-corrected chi connectivity index (χ0v) is 18.1. The van der Waals surface area contributed by atoms with Gasteiger partial charge in [0.1, 0.15) is 0 Å². The van der Waals surface area contributed by atoms with E-state index in [1.54, 1.807) is 6.92 Å². The summed E-state index contributed by atoms with van der Waals surface area (Å²) >= 11 is 6.30. The van der Waals surface area contributed by atoms with Gasteiger partial charge in [-0.2, -0.15) is 0 Å². The highest BCUT2D eigenvalue weighted by molar-refractivity contribution is 7.94. The van der Waals surface area contributed by atoms with Crippen molar-refractivity contribution in [2.45, 2.75) is 33.6 Å². The van der Waals surface area contributed by atoms with Crippen molar-refractivity contribution in [3.05, 3.63) is 58.1 Å². The molecule has 0 radical (unpaired) electrons. The Morgan fingerprint density at radius 1 is 1.17 bits per heavy atom. The molecule has 0 aliphatic carbocycles. The largest absolute Gasteiger partial charge is 0.321 e. The van der Waals surface area contributed by atoms with Crippen LogP contribution in [-0.2, 0) is 27.7 Å². The normalized spacial score (nSPS) is 18.1. The van der Waals surface area contributed by atoms with Crippen molar-refractivity contribution in [1.29, 1.82) is 0 Å². The number of hydrogen-bond acceptors (Lipinski definition) is 4. The number of carbonyl (C=O) groups excluding carboxylic acids is 2. The van der Waals surface area contributed by atoms with Crippen LogP contribution in [0.1, 0.15) is 42.3 Å². The number of nitrogens with one attached hydrogen (secondary N) is 1. The molecular weight excluding hydrogens is 412 g/mol. The fourth-order valence-electron chi connectivity index (χ4n) is 3.49. The third kappa shape index (κ3) is 4.02. The molecule has 1 unspecified atom stereocenters. The van der Waals surface area contributed by atoms with E-state index in [4.69, 9.17) is 11.6 Å². The molecule has 1 aliphatic heterocycles. The average molecular weight is 435 g/mol. The summed E-state index contributed by atoms with van der Waals surface area (Å²) in [5.74, 6) is -1.73. The van der Waals surface area contributed by atoms with Crippen LogP contribution in [0.15, 0.2) is 36.4 Å². The van der Waals surface area contributed by atoms with Gasteiger partial charge in [-0.25, -0.2) is 12.7 Å². The average Bonchev–Trinajstić information content (AvgIpc) is 2.88. The molecule has 6 nitrogen and oxygen atoms in total. The summed E-state index contributed by atoms with van der Waals surface area (Å²) < 4.78 is 25.3. The molecule has 0 aromatic heterocycles. The zero-order chi connectivity index (χ0) is 21.3. The summed E-state index contributed by atoms with van der Waals surface area (Å²) in [4.78, 5) is 25.1. The molecule has 8 heteroatoms. The topological polar surface area (TPSA) is 83.6 Å². The highest BCUT2D eigenvalue weighted by Gasteiger charge is 2.42. The molecule has 2 aromatic carbocycles. The fourth-order valence-corrected chi connectivity index (χ4v) is 5.56. The van der Waals surface area contributed by atoms with Crippen molar-refractivity contribution < 1.29 is 18.0 Å². The summed E-state index contributed by atoms with van der Waals surface area (Å²) in [5, 5.41) is 3.02. The van der Waals surface area contributed by atoms with E-state index in [2.05, 4.69) is 5.32 Å². The molecule has 0 bridgehead atoms. The Bertz CT molecular complexity index is 1060. The van der Waals surface area contributed by atoms with Crippen molar-refractivity contribution in [1.82, 2.24) is 0 Å². The first-order valence-electron chi connectivity index (χ1n) is 9.48. The standard InChI is InChI=1S/C21H23ClN2O4S/c1-4-14-7-6-8-15(5-2)19(14)23-20(25)17-10-9-16(11-18(17)22)24-21(26)13(3)12-29(24,27)28/h6-11,13H,4-5,12H2,1-3H3,(H,23,25). The molecular formula is C21H23ClN2O4S. The summed E-state index contributed by atoms with van der Waals surface area (Å²) in [6.07, 6.45) is 1.53. The minimum atomic E-state index is -3.73. The van der Waals surface area contributed by atoms with E-state index in [9.17, 15) is 18.0 Å².